The summed E-state index contributed by atoms with van der Waals surface area (Å²) in [5.41, 5.74) is 3.84. The molecule has 0 heterocycles. The first-order valence-corrected chi connectivity index (χ1v) is 13.1. The minimum Gasteiger partial charge on any atom is -0.508 e. The van der Waals surface area contributed by atoms with Gasteiger partial charge in [-0.3, -0.25) is 4.79 Å². The molecule has 0 aromatic heterocycles. The topological polar surface area (TPSA) is 95.9 Å². The lowest BCUT2D eigenvalue weighted by Gasteiger charge is -2.57. The highest BCUT2D eigenvalue weighted by Crippen LogP contribution is 2.62. The third kappa shape index (κ3) is 5.13. The van der Waals surface area contributed by atoms with Crippen LogP contribution in [0.1, 0.15) is 63.0 Å². The SMILES string of the molecule is CC(=O)NCCCOc1cc(-c2ccc(O)c(C34CC5CC(CC(C5)C3)C4)c2)ccc1/C=C/C(=O)O. The third-order valence-corrected chi connectivity index (χ3v) is 8.31. The maximum absolute atomic E-state index is 11.1. The fraction of sp³-hybridized carbons (Fsp3) is 0.467. The summed E-state index contributed by atoms with van der Waals surface area (Å²) in [5.74, 6) is 2.26. The van der Waals surface area contributed by atoms with E-state index in [1.165, 1.54) is 51.5 Å². The largest absolute Gasteiger partial charge is 0.508 e. The van der Waals surface area contributed by atoms with E-state index in [2.05, 4.69) is 11.4 Å². The predicted molar refractivity (Wildman–Crippen MR) is 139 cm³/mol. The molecule has 0 aliphatic heterocycles. The number of amides is 1. The van der Waals surface area contributed by atoms with Gasteiger partial charge in [0.05, 0.1) is 6.61 Å². The highest BCUT2D eigenvalue weighted by Gasteiger charge is 2.52. The van der Waals surface area contributed by atoms with Crippen molar-refractivity contribution in [3.8, 4) is 22.6 Å². The number of ether oxygens (including phenoxy) is 1. The number of nitrogens with one attached hydrogen (secondary N) is 1. The van der Waals surface area contributed by atoms with Gasteiger partial charge in [-0.2, -0.15) is 0 Å². The number of carbonyl (C=O) groups is 2. The lowest BCUT2D eigenvalue weighted by atomic mass is 9.48. The van der Waals surface area contributed by atoms with E-state index in [1.54, 1.807) is 0 Å². The molecule has 4 aliphatic rings. The fourth-order valence-corrected chi connectivity index (χ4v) is 7.24. The van der Waals surface area contributed by atoms with Crippen LogP contribution in [0.25, 0.3) is 17.2 Å². The summed E-state index contributed by atoms with van der Waals surface area (Å²) in [5, 5.41) is 22.8. The molecule has 4 saturated carbocycles. The van der Waals surface area contributed by atoms with Gasteiger partial charge in [0, 0.05) is 30.7 Å². The highest BCUT2D eigenvalue weighted by atomic mass is 16.5. The molecule has 0 saturated heterocycles. The smallest absolute Gasteiger partial charge is 0.328 e. The van der Waals surface area contributed by atoms with Crippen molar-refractivity contribution in [3.05, 3.63) is 53.6 Å². The summed E-state index contributed by atoms with van der Waals surface area (Å²) < 4.78 is 6.02. The normalized spacial score (nSPS) is 26.3. The molecular formula is C30H35NO5. The average molecular weight is 490 g/mol. The Hall–Kier alpha value is -3.28. The highest BCUT2D eigenvalue weighted by molar-refractivity contribution is 5.86. The molecule has 6 heteroatoms. The van der Waals surface area contributed by atoms with E-state index in [0.717, 1.165) is 40.5 Å². The van der Waals surface area contributed by atoms with Gasteiger partial charge >= 0.3 is 5.97 Å². The van der Waals surface area contributed by atoms with Crippen molar-refractivity contribution < 1.29 is 24.5 Å². The number of phenolic OH excluding ortho intramolecular Hbond substituents is 1. The molecule has 190 valence electrons. The molecule has 6 nitrogen and oxygen atoms in total. The molecular weight excluding hydrogens is 454 g/mol. The zero-order valence-corrected chi connectivity index (χ0v) is 20.8. The monoisotopic (exact) mass is 489 g/mol. The second-order valence-electron chi connectivity index (χ2n) is 11.0. The first-order chi connectivity index (χ1) is 17.3. The molecule has 3 N–H and O–H groups in total. The fourth-order valence-electron chi connectivity index (χ4n) is 7.24. The molecule has 1 amide bonds. The van der Waals surface area contributed by atoms with Crippen molar-refractivity contribution in [1.82, 2.24) is 5.32 Å². The Balaban J connectivity index is 1.42. The number of rotatable bonds is 9. The zero-order chi connectivity index (χ0) is 25.3. The molecule has 0 atom stereocenters. The van der Waals surface area contributed by atoms with Gasteiger partial charge in [0.25, 0.3) is 0 Å². The van der Waals surface area contributed by atoms with Crippen LogP contribution in [-0.2, 0) is 15.0 Å². The van der Waals surface area contributed by atoms with Crippen LogP contribution in [0.3, 0.4) is 0 Å². The van der Waals surface area contributed by atoms with Crippen LogP contribution in [0.15, 0.2) is 42.5 Å². The van der Waals surface area contributed by atoms with Crippen LogP contribution >= 0.6 is 0 Å². The number of hydrogen-bond acceptors (Lipinski definition) is 4. The summed E-state index contributed by atoms with van der Waals surface area (Å²) in [6.07, 6.45) is 10.9. The van der Waals surface area contributed by atoms with Crippen molar-refractivity contribution in [2.45, 2.75) is 57.3 Å². The quantitative estimate of drug-likeness (QED) is 0.318. The Labute approximate surface area is 212 Å². The van der Waals surface area contributed by atoms with Crippen LogP contribution in [0.5, 0.6) is 11.5 Å². The van der Waals surface area contributed by atoms with Gasteiger partial charge < -0.3 is 20.3 Å². The van der Waals surface area contributed by atoms with E-state index in [9.17, 15) is 14.7 Å². The van der Waals surface area contributed by atoms with Crippen molar-refractivity contribution in [2.24, 2.45) is 17.8 Å². The Bertz CT molecular complexity index is 1150. The van der Waals surface area contributed by atoms with Crippen LogP contribution in [0.2, 0.25) is 0 Å². The zero-order valence-electron chi connectivity index (χ0n) is 20.8. The van der Waals surface area contributed by atoms with Gasteiger partial charge in [0.2, 0.25) is 5.91 Å². The third-order valence-electron chi connectivity index (χ3n) is 8.31. The summed E-state index contributed by atoms with van der Waals surface area (Å²) in [7, 11) is 0. The lowest BCUT2D eigenvalue weighted by Crippen LogP contribution is -2.48. The van der Waals surface area contributed by atoms with Crippen molar-refractivity contribution >= 4 is 18.0 Å². The number of aliphatic carboxylic acids is 1. The summed E-state index contributed by atoms with van der Waals surface area (Å²) in [6.45, 7) is 2.39. The maximum Gasteiger partial charge on any atom is 0.328 e. The molecule has 0 spiro atoms. The number of carbonyl (C=O) groups excluding carboxylic acids is 1. The van der Waals surface area contributed by atoms with Gasteiger partial charge in [-0.05, 0) is 104 Å². The summed E-state index contributed by atoms with van der Waals surface area (Å²) in [6, 6.07) is 11.7. The minimum atomic E-state index is -1.02. The van der Waals surface area contributed by atoms with Gasteiger partial charge in [-0.15, -0.1) is 0 Å². The second kappa shape index (κ2) is 10.00. The van der Waals surface area contributed by atoms with Gasteiger partial charge in [-0.25, -0.2) is 4.79 Å². The van der Waals surface area contributed by atoms with Crippen LogP contribution in [0, 0.1) is 17.8 Å². The molecule has 0 unspecified atom stereocenters. The van der Waals surface area contributed by atoms with E-state index < -0.39 is 5.97 Å². The first kappa shape index (κ1) is 24.4. The molecule has 6 rings (SSSR count). The molecule has 2 aromatic carbocycles. The second-order valence-corrected chi connectivity index (χ2v) is 11.0. The Morgan fingerprint density at radius 1 is 1.03 bits per heavy atom. The van der Waals surface area contributed by atoms with Crippen LogP contribution in [0.4, 0.5) is 0 Å². The van der Waals surface area contributed by atoms with Crippen LogP contribution in [-0.4, -0.2) is 35.2 Å². The lowest BCUT2D eigenvalue weighted by molar-refractivity contribution is -0.131. The van der Waals surface area contributed by atoms with E-state index in [0.29, 0.717) is 36.6 Å². The van der Waals surface area contributed by atoms with E-state index in [1.807, 2.05) is 30.3 Å². The van der Waals surface area contributed by atoms with Gasteiger partial charge in [-0.1, -0.05) is 18.2 Å². The minimum absolute atomic E-state index is 0.0794. The van der Waals surface area contributed by atoms with Crippen molar-refractivity contribution in [3.63, 3.8) is 0 Å². The molecule has 2 aromatic rings. The summed E-state index contributed by atoms with van der Waals surface area (Å²) >= 11 is 0. The average Bonchev–Trinajstić information content (AvgIpc) is 2.82. The Kier molecular flexibility index (Phi) is 6.78. The van der Waals surface area contributed by atoms with Crippen LogP contribution < -0.4 is 10.1 Å². The number of phenols is 1. The maximum atomic E-state index is 11.1. The van der Waals surface area contributed by atoms with Gasteiger partial charge in [0.15, 0.2) is 0 Å². The number of aromatic hydroxyl groups is 1. The number of carboxylic acids is 1. The van der Waals surface area contributed by atoms with Crippen molar-refractivity contribution in [1.29, 1.82) is 0 Å². The molecule has 4 bridgehead atoms. The van der Waals surface area contributed by atoms with E-state index >= 15 is 0 Å². The molecule has 36 heavy (non-hydrogen) atoms. The standard InChI is InChI=1S/C30H35NO5/c1-19(32)31-9-2-10-36-28-15-25(4-3-23(28)6-8-29(34)35)24-5-7-27(33)26(14-24)30-16-20-11-21(17-30)13-22(12-20)18-30/h3-8,14-15,20-22,33H,2,9-13,16-18H2,1H3,(H,31,32)(H,34,35)/b8-6+. The Morgan fingerprint density at radius 2 is 1.67 bits per heavy atom. The summed E-state index contributed by atoms with van der Waals surface area (Å²) in [4.78, 5) is 22.2. The van der Waals surface area contributed by atoms with Gasteiger partial charge in [0.1, 0.15) is 11.5 Å². The predicted octanol–water partition coefficient (Wildman–Crippen LogP) is 5.53. The Morgan fingerprint density at radius 3 is 2.31 bits per heavy atom. The number of hydrogen-bond donors (Lipinski definition) is 3. The number of carboxylic acid groups (broad SMARTS) is 1. The molecule has 4 fully saturated rings. The van der Waals surface area contributed by atoms with E-state index in [4.69, 9.17) is 9.84 Å². The molecule has 4 aliphatic carbocycles. The number of benzene rings is 2. The molecule has 0 radical (unpaired) electrons. The first-order valence-electron chi connectivity index (χ1n) is 13.1. The van der Waals surface area contributed by atoms with Crippen molar-refractivity contribution in [2.75, 3.05) is 13.2 Å². The van der Waals surface area contributed by atoms with E-state index in [-0.39, 0.29) is 11.3 Å².